The highest BCUT2D eigenvalue weighted by Gasteiger charge is 2.05. The van der Waals surface area contributed by atoms with Gasteiger partial charge in [-0.15, -0.1) is 0 Å². The molecule has 0 aliphatic carbocycles. The van der Waals surface area contributed by atoms with Crippen LogP contribution in [0.4, 0.5) is 4.39 Å². The summed E-state index contributed by atoms with van der Waals surface area (Å²) in [5.41, 5.74) is 1.83. The first kappa shape index (κ1) is 13.7. The van der Waals surface area contributed by atoms with Gasteiger partial charge in [0.15, 0.2) is 0 Å². The molecular formula is C15H16FNOS. The molecule has 1 heterocycles. The third-order valence-electron chi connectivity index (χ3n) is 2.90. The van der Waals surface area contributed by atoms with Gasteiger partial charge in [0.05, 0.1) is 0 Å². The summed E-state index contributed by atoms with van der Waals surface area (Å²) in [4.78, 5) is 11.6. The summed E-state index contributed by atoms with van der Waals surface area (Å²) < 4.78 is 13.3. The fraction of sp³-hybridized carbons (Fsp3) is 0.267. The number of rotatable bonds is 6. The van der Waals surface area contributed by atoms with Gasteiger partial charge in [-0.1, -0.05) is 18.2 Å². The van der Waals surface area contributed by atoms with E-state index in [0.29, 0.717) is 24.9 Å². The van der Waals surface area contributed by atoms with Crippen molar-refractivity contribution in [2.45, 2.75) is 19.3 Å². The summed E-state index contributed by atoms with van der Waals surface area (Å²) in [7, 11) is 0. The van der Waals surface area contributed by atoms with Crippen LogP contribution in [0.15, 0.2) is 41.1 Å². The van der Waals surface area contributed by atoms with Gasteiger partial charge < -0.3 is 5.32 Å². The lowest BCUT2D eigenvalue weighted by atomic mass is 10.1. The number of halogens is 1. The molecule has 19 heavy (non-hydrogen) atoms. The van der Waals surface area contributed by atoms with Crippen LogP contribution in [0, 0.1) is 5.82 Å². The highest BCUT2D eigenvalue weighted by molar-refractivity contribution is 7.07. The average molecular weight is 277 g/mol. The Morgan fingerprint density at radius 3 is 2.79 bits per heavy atom. The van der Waals surface area contributed by atoms with Gasteiger partial charge in [0.2, 0.25) is 5.91 Å². The lowest BCUT2D eigenvalue weighted by Gasteiger charge is -2.05. The molecule has 0 aliphatic heterocycles. The molecule has 0 aliphatic rings. The number of amides is 1. The van der Waals surface area contributed by atoms with Crippen molar-refractivity contribution in [3.05, 3.63) is 58.0 Å². The van der Waals surface area contributed by atoms with Gasteiger partial charge in [-0.05, 0) is 46.9 Å². The molecule has 100 valence electrons. The Kier molecular flexibility index (Phi) is 5.10. The Hall–Kier alpha value is -1.68. The second-order valence-electron chi connectivity index (χ2n) is 4.32. The van der Waals surface area contributed by atoms with Crippen LogP contribution in [0.2, 0.25) is 0 Å². The fourth-order valence-corrected chi connectivity index (χ4v) is 2.52. The van der Waals surface area contributed by atoms with E-state index in [9.17, 15) is 9.18 Å². The van der Waals surface area contributed by atoms with Gasteiger partial charge >= 0.3 is 0 Å². The molecule has 2 aromatic rings. The molecule has 1 aromatic heterocycles. The molecule has 0 unspecified atom stereocenters. The van der Waals surface area contributed by atoms with Crippen LogP contribution in [0.5, 0.6) is 0 Å². The molecule has 0 saturated heterocycles. The minimum Gasteiger partial charge on any atom is -0.356 e. The molecule has 0 spiro atoms. The summed E-state index contributed by atoms with van der Waals surface area (Å²) in [5, 5.41) is 6.95. The molecule has 0 fully saturated rings. The zero-order chi connectivity index (χ0) is 13.5. The smallest absolute Gasteiger partial charge is 0.220 e. The number of hydrogen-bond acceptors (Lipinski definition) is 2. The molecular weight excluding hydrogens is 261 g/mol. The van der Waals surface area contributed by atoms with Gasteiger partial charge in [-0.25, -0.2) is 4.39 Å². The lowest BCUT2D eigenvalue weighted by Crippen LogP contribution is -2.25. The summed E-state index contributed by atoms with van der Waals surface area (Å²) in [6.07, 6.45) is 1.61. The van der Waals surface area contributed by atoms with Gasteiger partial charge in [-0.2, -0.15) is 11.3 Å². The number of carbonyl (C=O) groups excluding carboxylic acids is 1. The predicted molar refractivity (Wildman–Crippen MR) is 75.8 cm³/mol. The molecule has 1 aromatic carbocycles. The first-order valence-electron chi connectivity index (χ1n) is 6.27. The second-order valence-corrected chi connectivity index (χ2v) is 5.10. The normalized spacial score (nSPS) is 10.4. The summed E-state index contributed by atoms with van der Waals surface area (Å²) in [6, 6.07) is 8.63. The van der Waals surface area contributed by atoms with E-state index >= 15 is 0 Å². The molecule has 0 bridgehead atoms. The van der Waals surface area contributed by atoms with Crippen molar-refractivity contribution in [1.82, 2.24) is 5.32 Å². The van der Waals surface area contributed by atoms with E-state index in [4.69, 9.17) is 0 Å². The van der Waals surface area contributed by atoms with Crippen LogP contribution in [0.25, 0.3) is 0 Å². The number of thiophene rings is 1. The quantitative estimate of drug-likeness (QED) is 0.863. The van der Waals surface area contributed by atoms with E-state index in [-0.39, 0.29) is 11.7 Å². The number of carbonyl (C=O) groups is 1. The van der Waals surface area contributed by atoms with E-state index in [0.717, 1.165) is 6.42 Å². The first-order valence-corrected chi connectivity index (χ1v) is 7.21. The molecule has 0 atom stereocenters. The maximum absolute atomic E-state index is 13.3. The van der Waals surface area contributed by atoms with E-state index in [1.165, 1.54) is 11.6 Å². The Morgan fingerprint density at radius 1 is 1.21 bits per heavy atom. The van der Waals surface area contributed by atoms with Gasteiger partial charge in [0.25, 0.3) is 0 Å². The van der Waals surface area contributed by atoms with Crippen molar-refractivity contribution in [3.8, 4) is 0 Å². The minimum absolute atomic E-state index is 0.0292. The van der Waals surface area contributed by atoms with Crippen molar-refractivity contribution in [2.24, 2.45) is 0 Å². The molecule has 2 rings (SSSR count). The summed E-state index contributed by atoms with van der Waals surface area (Å²) in [5.74, 6) is -0.271. The van der Waals surface area contributed by atoms with Gasteiger partial charge in [0.1, 0.15) is 5.82 Å². The van der Waals surface area contributed by atoms with Crippen LogP contribution in [-0.2, 0) is 17.6 Å². The monoisotopic (exact) mass is 277 g/mol. The van der Waals surface area contributed by atoms with Crippen LogP contribution < -0.4 is 5.32 Å². The van der Waals surface area contributed by atoms with Crippen LogP contribution >= 0.6 is 11.3 Å². The largest absolute Gasteiger partial charge is 0.356 e. The molecule has 2 nitrogen and oxygen atoms in total. The van der Waals surface area contributed by atoms with Crippen molar-refractivity contribution in [2.75, 3.05) is 6.54 Å². The van der Waals surface area contributed by atoms with Crippen LogP contribution in [-0.4, -0.2) is 12.5 Å². The number of hydrogen-bond donors (Lipinski definition) is 1. The zero-order valence-corrected chi connectivity index (χ0v) is 11.4. The minimum atomic E-state index is -0.242. The van der Waals surface area contributed by atoms with E-state index in [1.54, 1.807) is 29.5 Å². The lowest BCUT2D eigenvalue weighted by molar-refractivity contribution is -0.121. The highest BCUT2D eigenvalue weighted by atomic mass is 32.1. The fourth-order valence-electron chi connectivity index (χ4n) is 1.82. The maximum atomic E-state index is 13.3. The average Bonchev–Trinajstić information content (AvgIpc) is 2.91. The van der Waals surface area contributed by atoms with E-state index in [2.05, 4.69) is 16.8 Å². The molecule has 1 amide bonds. The zero-order valence-electron chi connectivity index (χ0n) is 10.6. The second kappa shape index (κ2) is 7.04. The SMILES string of the molecule is O=C(CCc1ccccc1F)NCCc1ccsc1. The third kappa shape index (κ3) is 4.48. The number of aryl methyl sites for hydroxylation is 1. The van der Waals surface area contributed by atoms with Gasteiger partial charge in [0, 0.05) is 13.0 Å². The van der Waals surface area contributed by atoms with E-state index in [1.807, 2.05) is 5.38 Å². The molecule has 4 heteroatoms. The van der Waals surface area contributed by atoms with Crippen molar-refractivity contribution < 1.29 is 9.18 Å². The highest BCUT2D eigenvalue weighted by Crippen LogP contribution is 2.09. The maximum Gasteiger partial charge on any atom is 0.220 e. The standard InChI is InChI=1S/C15H16FNOS/c16-14-4-2-1-3-13(14)5-6-15(18)17-9-7-12-8-10-19-11-12/h1-4,8,10-11H,5-7,9H2,(H,17,18). The van der Waals surface area contributed by atoms with Crippen molar-refractivity contribution >= 4 is 17.2 Å². The van der Waals surface area contributed by atoms with Crippen molar-refractivity contribution in [3.63, 3.8) is 0 Å². The molecule has 1 N–H and O–H groups in total. The molecule has 0 saturated carbocycles. The molecule has 0 radical (unpaired) electrons. The Balaban J connectivity index is 1.69. The number of nitrogens with one attached hydrogen (secondary N) is 1. The van der Waals surface area contributed by atoms with Crippen LogP contribution in [0.1, 0.15) is 17.5 Å². The summed E-state index contributed by atoms with van der Waals surface area (Å²) in [6.45, 7) is 0.632. The predicted octanol–water partition coefficient (Wildman–Crippen LogP) is 3.18. The van der Waals surface area contributed by atoms with Gasteiger partial charge in [-0.3, -0.25) is 4.79 Å². The summed E-state index contributed by atoms with van der Waals surface area (Å²) >= 11 is 1.65. The van der Waals surface area contributed by atoms with E-state index < -0.39 is 0 Å². The first-order chi connectivity index (χ1) is 9.25. The third-order valence-corrected chi connectivity index (χ3v) is 3.63. The van der Waals surface area contributed by atoms with Crippen molar-refractivity contribution in [1.29, 1.82) is 0 Å². The Labute approximate surface area is 116 Å². The topological polar surface area (TPSA) is 29.1 Å². The number of benzene rings is 1. The Morgan fingerprint density at radius 2 is 2.05 bits per heavy atom. The van der Waals surface area contributed by atoms with Crippen LogP contribution in [0.3, 0.4) is 0 Å². The Bertz CT molecular complexity index is 525.